The number of carboxylic acid groups (broad SMARTS) is 1. The van der Waals surface area contributed by atoms with Crippen molar-refractivity contribution in [3.63, 3.8) is 0 Å². The Morgan fingerprint density at radius 2 is 2.22 bits per heavy atom. The number of nitrogens with zero attached hydrogens (tertiary/aromatic N) is 1. The van der Waals surface area contributed by atoms with Gasteiger partial charge in [-0.15, -0.1) is 0 Å². The second-order valence-corrected chi connectivity index (χ2v) is 3.43. The Hall–Kier alpha value is -2.15. The number of rotatable bonds is 7. The van der Waals surface area contributed by atoms with Gasteiger partial charge >= 0.3 is 5.97 Å². The molecule has 7 nitrogen and oxygen atoms in total. The predicted octanol–water partition coefficient (Wildman–Crippen LogP) is -0.0457. The maximum absolute atomic E-state index is 11.3. The van der Waals surface area contributed by atoms with Crippen molar-refractivity contribution in [2.45, 2.75) is 0 Å². The number of ether oxygens (including phenoxy) is 1. The molecule has 3 N–H and O–H groups in total. The van der Waals surface area contributed by atoms with E-state index in [4.69, 9.17) is 9.84 Å². The number of anilines is 1. The van der Waals surface area contributed by atoms with Crippen LogP contribution < -0.4 is 10.6 Å². The third-order valence-corrected chi connectivity index (χ3v) is 2.07. The van der Waals surface area contributed by atoms with Crippen LogP contribution in [0.4, 0.5) is 5.82 Å². The molecule has 98 valence electrons. The van der Waals surface area contributed by atoms with Gasteiger partial charge in [0.1, 0.15) is 5.82 Å². The number of methoxy groups -OCH3 is 1. The Kier molecular flexibility index (Phi) is 5.59. The Labute approximate surface area is 104 Å². The van der Waals surface area contributed by atoms with Crippen LogP contribution in [0, 0.1) is 0 Å². The van der Waals surface area contributed by atoms with Crippen LogP contribution in [0.1, 0.15) is 10.4 Å². The van der Waals surface area contributed by atoms with Crippen molar-refractivity contribution < 1.29 is 19.4 Å². The van der Waals surface area contributed by atoms with E-state index in [2.05, 4.69) is 15.6 Å². The second kappa shape index (κ2) is 7.23. The maximum Gasteiger partial charge on any atom is 0.337 e. The SMILES string of the molecule is COCCNC(=O)CNc1ccc(C(=O)O)cn1. The molecule has 0 spiro atoms. The first kappa shape index (κ1) is 13.9. The Morgan fingerprint density at radius 3 is 2.78 bits per heavy atom. The zero-order chi connectivity index (χ0) is 13.4. The van der Waals surface area contributed by atoms with E-state index in [1.165, 1.54) is 18.3 Å². The van der Waals surface area contributed by atoms with Crippen molar-refractivity contribution in [3.05, 3.63) is 23.9 Å². The molecule has 0 saturated carbocycles. The lowest BCUT2D eigenvalue weighted by atomic mass is 10.3. The first-order valence-corrected chi connectivity index (χ1v) is 5.32. The lowest BCUT2D eigenvalue weighted by Crippen LogP contribution is -2.32. The molecule has 0 saturated heterocycles. The first-order valence-electron chi connectivity index (χ1n) is 5.32. The standard InChI is InChI=1S/C11H15N3O4/c1-18-5-4-12-10(15)7-14-9-3-2-8(6-13-9)11(16)17/h2-3,6H,4-5,7H2,1H3,(H,12,15)(H,13,14)(H,16,17). The van der Waals surface area contributed by atoms with Gasteiger partial charge in [-0.1, -0.05) is 0 Å². The normalized spacial score (nSPS) is 9.83. The van der Waals surface area contributed by atoms with Gasteiger partial charge in [0, 0.05) is 19.9 Å². The summed E-state index contributed by atoms with van der Waals surface area (Å²) < 4.78 is 4.79. The molecule has 0 fully saturated rings. The van der Waals surface area contributed by atoms with Crippen LogP contribution in [-0.2, 0) is 9.53 Å². The third-order valence-electron chi connectivity index (χ3n) is 2.07. The van der Waals surface area contributed by atoms with E-state index in [1.807, 2.05) is 0 Å². The topological polar surface area (TPSA) is 101 Å². The molecule has 0 atom stereocenters. The molecule has 0 bridgehead atoms. The number of aromatic carboxylic acids is 1. The minimum Gasteiger partial charge on any atom is -0.478 e. The average Bonchev–Trinajstić information content (AvgIpc) is 2.37. The molecular formula is C11H15N3O4. The Morgan fingerprint density at radius 1 is 1.44 bits per heavy atom. The number of carbonyl (C=O) groups excluding carboxylic acids is 1. The summed E-state index contributed by atoms with van der Waals surface area (Å²) in [5.41, 5.74) is 0.102. The first-order chi connectivity index (χ1) is 8.63. The van der Waals surface area contributed by atoms with Crippen molar-refractivity contribution in [3.8, 4) is 0 Å². The maximum atomic E-state index is 11.3. The molecular weight excluding hydrogens is 238 g/mol. The van der Waals surface area contributed by atoms with E-state index in [-0.39, 0.29) is 18.0 Å². The van der Waals surface area contributed by atoms with Gasteiger partial charge in [-0.3, -0.25) is 4.79 Å². The molecule has 7 heteroatoms. The quantitative estimate of drug-likeness (QED) is 0.589. The summed E-state index contributed by atoms with van der Waals surface area (Å²) in [7, 11) is 1.55. The molecule has 0 aromatic carbocycles. The summed E-state index contributed by atoms with van der Waals surface area (Å²) in [6, 6.07) is 2.92. The zero-order valence-electron chi connectivity index (χ0n) is 9.97. The van der Waals surface area contributed by atoms with Gasteiger partial charge in [-0.05, 0) is 12.1 Å². The van der Waals surface area contributed by atoms with Crippen LogP contribution in [0.15, 0.2) is 18.3 Å². The van der Waals surface area contributed by atoms with Crippen molar-refractivity contribution in [2.75, 3.05) is 32.1 Å². The van der Waals surface area contributed by atoms with Gasteiger partial charge < -0.3 is 20.5 Å². The monoisotopic (exact) mass is 253 g/mol. The number of hydrogen-bond donors (Lipinski definition) is 3. The summed E-state index contributed by atoms with van der Waals surface area (Å²) in [6.07, 6.45) is 1.23. The van der Waals surface area contributed by atoms with Crippen LogP contribution in [0.2, 0.25) is 0 Å². The summed E-state index contributed by atoms with van der Waals surface area (Å²) >= 11 is 0. The summed E-state index contributed by atoms with van der Waals surface area (Å²) in [5, 5.41) is 14.1. The van der Waals surface area contributed by atoms with E-state index < -0.39 is 5.97 Å². The predicted molar refractivity (Wildman–Crippen MR) is 64.6 cm³/mol. The Balaban J connectivity index is 2.34. The third kappa shape index (κ3) is 4.79. The fraction of sp³-hybridized carbons (Fsp3) is 0.364. The fourth-order valence-corrected chi connectivity index (χ4v) is 1.15. The average molecular weight is 253 g/mol. The van der Waals surface area contributed by atoms with Crippen LogP contribution in [-0.4, -0.2) is 48.8 Å². The molecule has 1 amide bonds. The smallest absolute Gasteiger partial charge is 0.337 e. The van der Waals surface area contributed by atoms with Crippen molar-refractivity contribution in [1.29, 1.82) is 0 Å². The molecule has 1 aromatic heterocycles. The highest BCUT2D eigenvalue weighted by Gasteiger charge is 2.04. The highest BCUT2D eigenvalue weighted by atomic mass is 16.5. The lowest BCUT2D eigenvalue weighted by Gasteiger charge is -2.06. The molecule has 0 radical (unpaired) electrons. The van der Waals surface area contributed by atoms with E-state index >= 15 is 0 Å². The van der Waals surface area contributed by atoms with Gasteiger partial charge in [0.05, 0.1) is 18.7 Å². The van der Waals surface area contributed by atoms with Gasteiger partial charge in [0.2, 0.25) is 5.91 Å². The van der Waals surface area contributed by atoms with E-state index in [0.717, 1.165) is 0 Å². The molecule has 18 heavy (non-hydrogen) atoms. The van der Waals surface area contributed by atoms with Crippen molar-refractivity contribution in [1.82, 2.24) is 10.3 Å². The van der Waals surface area contributed by atoms with Gasteiger partial charge in [-0.25, -0.2) is 9.78 Å². The van der Waals surface area contributed by atoms with E-state index in [0.29, 0.717) is 19.0 Å². The van der Waals surface area contributed by atoms with Gasteiger partial charge in [0.25, 0.3) is 0 Å². The lowest BCUT2D eigenvalue weighted by molar-refractivity contribution is -0.119. The van der Waals surface area contributed by atoms with E-state index in [9.17, 15) is 9.59 Å². The fourth-order valence-electron chi connectivity index (χ4n) is 1.15. The number of nitrogens with one attached hydrogen (secondary N) is 2. The molecule has 1 rings (SSSR count). The summed E-state index contributed by atoms with van der Waals surface area (Å²) in [6.45, 7) is 0.975. The molecule has 0 unspecified atom stereocenters. The summed E-state index contributed by atoms with van der Waals surface area (Å²) in [4.78, 5) is 25.8. The largest absolute Gasteiger partial charge is 0.478 e. The minimum atomic E-state index is -1.04. The molecule has 0 aliphatic rings. The summed E-state index contributed by atoms with van der Waals surface area (Å²) in [5.74, 6) is -0.774. The van der Waals surface area contributed by atoms with Crippen LogP contribution in [0.5, 0.6) is 0 Å². The minimum absolute atomic E-state index is 0.0726. The van der Waals surface area contributed by atoms with E-state index in [1.54, 1.807) is 7.11 Å². The molecule has 1 aromatic rings. The van der Waals surface area contributed by atoms with Crippen molar-refractivity contribution in [2.24, 2.45) is 0 Å². The van der Waals surface area contributed by atoms with Crippen LogP contribution in [0.25, 0.3) is 0 Å². The Bertz CT molecular complexity index is 405. The number of amides is 1. The number of carbonyl (C=O) groups is 2. The molecule has 1 heterocycles. The highest BCUT2D eigenvalue weighted by molar-refractivity contribution is 5.87. The van der Waals surface area contributed by atoms with Crippen LogP contribution in [0.3, 0.4) is 0 Å². The highest BCUT2D eigenvalue weighted by Crippen LogP contribution is 2.04. The van der Waals surface area contributed by atoms with Crippen molar-refractivity contribution >= 4 is 17.7 Å². The van der Waals surface area contributed by atoms with Crippen LogP contribution >= 0.6 is 0 Å². The zero-order valence-corrected chi connectivity index (χ0v) is 9.97. The second-order valence-electron chi connectivity index (χ2n) is 3.43. The van der Waals surface area contributed by atoms with Gasteiger partial charge in [0.15, 0.2) is 0 Å². The molecule has 0 aliphatic heterocycles. The number of pyridine rings is 1. The number of aromatic nitrogens is 1. The molecule has 0 aliphatic carbocycles. The number of carboxylic acids is 1. The van der Waals surface area contributed by atoms with Gasteiger partial charge in [-0.2, -0.15) is 0 Å². The number of hydrogen-bond acceptors (Lipinski definition) is 5.